The highest BCUT2D eigenvalue weighted by Crippen LogP contribution is 2.18. The van der Waals surface area contributed by atoms with Gasteiger partial charge in [-0.3, -0.25) is 9.59 Å². The molecule has 0 heterocycles. The van der Waals surface area contributed by atoms with Crippen LogP contribution in [0.1, 0.15) is 316 Å². The van der Waals surface area contributed by atoms with Crippen LogP contribution in [0.4, 0.5) is 0 Å². The second-order valence-electron chi connectivity index (χ2n) is 19.3. The standard InChI is InChI=1S/C55H109NO5/c1-3-5-7-9-11-13-15-17-23-27-31-35-39-43-47-53(58)52(51-57)56-54(59)48-44-40-36-32-28-24-21-19-20-22-26-30-34-38-42-46-50-61-55(60)49-45-41-37-33-29-25-18-16-14-12-10-8-6-4-2/h52-53,57-58H,3-51H2,1-2H3,(H,56,59). The molecule has 364 valence electrons. The summed E-state index contributed by atoms with van der Waals surface area (Å²) >= 11 is 0. The van der Waals surface area contributed by atoms with Gasteiger partial charge in [0, 0.05) is 12.8 Å². The van der Waals surface area contributed by atoms with E-state index < -0.39 is 12.1 Å². The summed E-state index contributed by atoms with van der Waals surface area (Å²) in [5.41, 5.74) is 0. The number of amides is 1. The summed E-state index contributed by atoms with van der Waals surface area (Å²) in [6.45, 7) is 4.96. The smallest absolute Gasteiger partial charge is 0.305 e. The molecular formula is C55H109NO5. The minimum Gasteiger partial charge on any atom is -0.466 e. The Morgan fingerprint density at radius 3 is 1.00 bits per heavy atom. The fraction of sp³-hybridized carbons (Fsp3) is 0.964. The lowest BCUT2D eigenvalue weighted by Gasteiger charge is -2.22. The molecule has 0 aliphatic rings. The topological polar surface area (TPSA) is 95.9 Å². The average molecular weight is 864 g/mol. The number of esters is 1. The van der Waals surface area contributed by atoms with Crippen LogP contribution in [0.5, 0.6) is 0 Å². The van der Waals surface area contributed by atoms with Crippen LogP contribution in [0, 0.1) is 0 Å². The number of carbonyl (C=O) groups excluding carboxylic acids is 2. The Hall–Kier alpha value is -1.14. The number of hydrogen-bond acceptors (Lipinski definition) is 5. The number of hydrogen-bond donors (Lipinski definition) is 3. The number of carbonyl (C=O) groups is 2. The van der Waals surface area contributed by atoms with Crippen molar-refractivity contribution in [1.82, 2.24) is 5.32 Å². The van der Waals surface area contributed by atoms with E-state index in [9.17, 15) is 19.8 Å². The van der Waals surface area contributed by atoms with Crippen LogP contribution >= 0.6 is 0 Å². The van der Waals surface area contributed by atoms with E-state index in [0.29, 0.717) is 25.9 Å². The quantitative estimate of drug-likeness (QED) is 0.0418. The van der Waals surface area contributed by atoms with Gasteiger partial charge in [0.15, 0.2) is 0 Å². The van der Waals surface area contributed by atoms with Gasteiger partial charge in [0.25, 0.3) is 0 Å². The Balaban J connectivity index is 3.40. The van der Waals surface area contributed by atoms with Crippen molar-refractivity contribution < 1.29 is 24.5 Å². The van der Waals surface area contributed by atoms with Crippen LogP contribution in [0.15, 0.2) is 0 Å². The average Bonchev–Trinajstić information content (AvgIpc) is 3.26. The van der Waals surface area contributed by atoms with Crippen LogP contribution in [-0.4, -0.2) is 47.4 Å². The van der Waals surface area contributed by atoms with Gasteiger partial charge in [-0.05, 0) is 25.7 Å². The molecule has 0 saturated carbocycles. The number of rotatable bonds is 52. The molecule has 2 atom stereocenters. The Bertz CT molecular complexity index is 867. The van der Waals surface area contributed by atoms with Gasteiger partial charge in [0.05, 0.1) is 25.4 Å². The zero-order valence-electron chi connectivity index (χ0n) is 41.4. The minimum absolute atomic E-state index is 0.00620. The molecule has 6 heteroatoms. The molecule has 0 radical (unpaired) electrons. The Kier molecular flexibility index (Phi) is 50.5. The van der Waals surface area contributed by atoms with E-state index in [1.807, 2.05) is 0 Å². The fourth-order valence-electron chi connectivity index (χ4n) is 8.88. The zero-order valence-corrected chi connectivity index (χ0v) is 41.4. The predicted molar refractivity (Wildman–Crippen MR) is 264 cm³/mol. The summed E-state index contributed by atoms with van der Waals surface area (Å²) in [5, 5.41) is 23.2. The van der Waals surface area contributed by atoms with Gasteiger partial charge in [-0.2, -0.15) is 0 Å². The van der Waals surface area contributed by atoms with Crippen molar-refractivity contribution in [3.05, 3.63) is 0 Å². The molecule has 0 fully saturated rings. The highest BCUT2D eigenvalue weighted by Gasteiger charge is 2.20. The molecule has 0 bridgehead atoms. The van der Waals surface area contributed by atoms with Gasteiger partial charge in [-0.1, -0.05) is 277 Å². The third kappa shape index (κ3) is 48.2. The van der Waals surface area contributed by atoms with E-state index in [-0.39, 0.29) is 18.5 Å². The maximum atomic E-state index is 12.5. The molecule has 2 unspecified atom stereocenters. The second-order valence-corrected chi connectivity index (χ2v) is 19.3. The van der Waals surface area contributed by atoms with Crippen LogP contribution in [0.2, 0.25) is 0 Å². The monoisotopic (exact) mass is 864 g/mol. The number of ether oxygens (including phenoxy) is 1. The molecule has 6 nitrogen and oxygen atoms in total. The summed E-state index contributed by atoms with van der Waals surface area (Å²) in [7, 11) is 0. The van der Waals surface area contributed by atoms with Gasteiger partial charge >= 0.3 is 5.97 Å². The number of aliphatic hydroxyl groups is 2. The Morgan fingerprint density at radius 1 is 0.393 bits per heavy atom. The number of nitrogens with one attached hydrogen (secondary N) is 1. The lowest BCUT2D eigenvalue weighted by atomic mass is 10.0. The molecule has 3 N–H and O–H groups in total. The molecule has 0 aromatic rings. The molecule has 0 aromatic carbocycles. The van der Waals surface area contributed by atoms with Crippen LogP contribution in [0.25, 0.3) is 0 Å². The first kappa shape index (κ1) is 59.9. The van der Waals surface area contributed by atoms with Gasteiger partial charge in [-0.15, -0.1) is 0 Å². The van der Waals surface area contributed by atoms with Crippen LogP contribution in [-0.2, 0) is 14.3 Å². The van der Waals surface area contributed by atoms with E-state index in [0.717, 1.165) is 38.5 Å². The molecule has 0 aliphatic heterocycles. The molecule has 0 spiro atoms. The highest BCUT2D eigenvalue weighted by molar-refractivity contribution is 5.76. The van der Waals surface area contributed by atoms with Gasteiger partial charge < -0.3 is 20.3 Å². The first-order valence-corrected chi connectivity index (χ1v) is 27.8. The molecule has 0 saturated heterocycles. The summed E-state index contributed by atoms with van der Waals surface area (Å²) in [6.07, 6.45) is 57.9. The zero-order chi connectivity index (χ0) is 44.4. The van der Waals surface area contributed by atoms with Crippen molar-refractivity contribution in [3.63, 3.8) is 0 Å². The first-order valence-electron chi connectivity index (χ1n) is 27.8. The Labute approximate surface area is 381 Å². The van der Waals surface area contributed by atoms with Crippen LogP contribution in [0.3, 0.4) is 0 Å². The van der Waals surface area contributed by atoms with E-state index in [2.05, 4.69) is 19.2 Å². The lowest BCUT2D eigenvalue weighted by molar-refractivity contribution is -0.143. The summed E-state index contributed by atoms with van der Waals surface area (Å²) in [5.74, 6) is -0.0334. The second kappa shape index (κ2) is 51.5. The normalized spacial score (nSPS) is 12.5. The third-order valence-corrected chi connectivity index (χ3v) is 13.2. The number of unbranched alkanes of at least 4 members (excludes halogenated alkanes) is 41. The first-order chi connectivity index (χ1) is 30.0. The molecule has 0 rings (SSSR count). The van der Waals surface area contributed by atoms with Crippen molar-refractivity contribution in [2.45, 2.75) is 328 Å². The largest absolute Gasteiger partial charge is 0.466 e. The van der Waals surface area contributed by atoms with Crippen molar-refractivity contribution >= 4 is 11.9 Å². The maximum Gasteiger partial charge on any atom is 0.305 e. The van der Waals surface area contributed by atoms with E-state index in [1.54, 1.807) is 0 Å². The van der Waals surface area contributed by atoms with Gasteiger partial charge in [0.1, 0.15) is 0 Å². The molecule has 61 heavy (non-hydrogen) atoms. The minimum atomic E-state index is -0.667. The van der Waals surface area contributed by atoms with Crippen molar-refractivity contribution in [2.24, 2.45) is 0 Å². The molecule has 0 aromatic heterocycles. The van der Waals surface area contributed by atoms with Gasteiger partial charge in [-0.25, -0.2) is 0 Å². The third-order valence-electron chi connectivity index (χ3n) is 13.2. The summed E-state index contributed by atoms with van der Waals surface area (Å²) < 4.78 is 5.47. The summed E-state index contributed by atoms with van der Waals surface area (Å²) in [6, 6.07) is -0.544. The van der Waals surface area contributed by atoms with Gasteiger partial charge in [0.2, 0.25) is 5.91 Å². The van der Waals surface area contributed by atoms with E-state index in [1.165, 1.54) is 244 Å². The van der Waals surface area contributed by atoms with E-state index in [4.69, 9.17) is 4.74 Å². The lowest BCUT2D eigenvalue weighted by Crippen LogP contribution is -2.45. The number of aliphatic hydroxyl groups excluding tert-OH is 2. The van der Waals surface area contributed by atoms with Crippen LogP contribution < -0.4 is 5.32 Å². The predicted octanol–water partition coefficient (Wildman–Crippen LogP) is 16.7. The molecular weight excluding hydrogens is 755 g/mol. The highest BCUT2D eigenvalue weighted by atomic mass is 16.5. The maximum absolute atomic E-state index is 12.5. The van der Waals surface area contributed by atoms with Crippen molar-refractivity contribution in [3.8, 4) is 0 Å². The molecule has 1 amide bonds. The Morgan fingerprint density at radius 2 is 0.672 bits per heavy atom. The molecule has 0 aliphatic carbocycles. The fourth-order valence-corrected chi connectivity index (χ4v) is 8.88. The summed E-state index contributed by atoms with van der Waals surface area (Å²) in [4.78, 5) is 24.5. The SMILES string of the molecule is CCCCCCCCCCCCCCCCC(=O)OCCCCCCCCCCCCCCCCCCC(=O)NC(CO)C(O)CCCCCCCCCCCCCCCC. The van der Waals surface area contributed by atoms with Crippen molar-refractivity contribution in [1.29, 1.82) is 0 Å². The van der Waals surface area contributed by atoms with E-state index >= 15 is 0 Å². The van der Waals surface area contributed by atoms with Crippen molar-refractivity contribution in [2.75, 3.05) is 13.2 Å².